The summed E-state index contributed by atoms with van der Waals surface area (Å²) in [6.45, 7) is 1.79. The standard InChI is InChI=1S/C10H14BrNO3S/c1-8(12-16(13,14)7-11)9-3-5-10(15-2)6-4-9/h3-6,8,12H,7H2,1-2H3/t8-/m1/s1. The molecular formula is C10H14BrNO3S. The molecule has 0 bridgehead atoms. The van der Waals surface area contributed by atoms with Crippen LogP contribution in [0.2, 0.25) is 0 Å². The molecule has 4 nitrogen and oxygen atoms in total. The van der Waals surface area contributed by atoms with Crippen LogP contribution in [0.25, 0.3) is 0 Å². The Morgan fingerprint density at radius 1 is 1.38 bits per heavy atom. The van der Waals surface area contributed by atoms with Crippen molar-refractivity contribution < 1.29 is 13.2 Å². The van der Waals surface area contributed by atoms with Crippen molar-refractivity contribution in [2.75, 3.05) is 11.8 Å². The zero-order chi connectivity index (χ0) is 12.2. The molecule has 1 N–H and O–H groups in total. The first-order chi connectivity index (χ1) is 7.48. The molecule has 16 heavy (non-hydrogen) atoms. The molecule has 0 aliphatic rings. The summed E-state index contributed by atoms with van der Waals surface area (Å²) in [7, 11) is -1.66. The van der Waals surface area contributed by atoms with Crippen LogP contribution in [0.5, 0.6) is 5.75 Å². The summed E-state index contributed by atoms with van der Waals surface area (Å²) < 4.78 is 30.1. The van der Waals surface area contributed by atoms with Gasteiger partial charge in [0.1, 0.15) is 10.4 Å². The maximum atomic E-state index is 11.3. The van der Waals surface area contributed by atoms with Crippen LogP contribution in [0.4, 0.5) is 0 Å². The first-order valence-electron chi connectivity index (χ1n) is 4.68. The van der Waals surface area contributed by atoms with Crippen LogP contribution in [0, 0.1) is 0 Å². The van der Waals surface area contributed by atoms with Gasteiger partial charge in [0.05, 0.1) is 7.11 Å². The highest BCUT2D eigenvalue weighted by molar-refractivity contribution is 9.10. The Kier molecular flexibility index (Phi) is 4.76. The number of methoxy groups -OCH3 is 1. The molecule has 6 heteroatoms. The average molecular weight is 308 g/mol. The monoisotopic (exact) mass is 307 g/mol. The van der Waals surface area contributed by atoms with Crippen molar-refractivity contribution in [3.63, 3.8) is 0 Å². The zero-order valence-electron chi connectivity index (χ0n) is 9.10. The van der Waals surface area contributed by atoms with Crippen LogP contribution in [0.1, 0.15) is 18.5 Å². The third kappa shape index (κ3) is 3.77. The molecule has 90 valence electrons. The molecule has 1 aromatic rings. The first kappa shape index (κ1) is 13.5. The highest BCUT2D eigenvalue weighted by Gasteiger charge is 2.13. The van der Waals surface area contributed by atoms with Crippen molar-refractivity contribution in [1.82, 2.24) is 4.72 Å². The first-order valence-corrected chi connectivity index (χ1v) is 7.46. The van der Waals surface area contributed by atoms with Gasteiger partial charge in [-0.25, -0.2) is 13.1 Å². The third-order valence-corrected chi connectivity index (χ3v) is 4.92. The third-order valence-electron chi connectivity index (χ3n) is 2.12. The molecule has 0 radical (unpaired) electrons. The fourth-order valence-electron chi connectivity index (χ4n) is 1.26. The minimum absolute atomic E-state index is 0.0967. The van der Waals surface area contributed by atoms with Gasteiger partial charge in [-0.15, -0.1) is 0 Å². The number of ether oxygens (including phenoxy) is 1. The summed E-state index contributed by atoms with van der Waals surface area (Å²) in [5.74, 6) is 0.749. The smallest absolute Gasteiger partial charge is 0.222 e. The van der Waals surface area contributed by atoms with Crippen LogP contribution < -0.4 is 9.46 Å². The highest BCUT2D eigenvalue weighted by atomic mass is 79.9. The second-order valence-electron chi connectivity index (χ2n) is 3.34. The maximum Gasteiger partial charge on any atom is 0.222 e. The molecule has 1 atom stereocenters. The summed E-state index contributed by atoms with van der Waals surface area (Å²) in [6, 6.07) is 7.01. The fraction of sp³-hybridized carbons (Fsp3) is 0.400. The number of nitrogens with one attached hydrogen (secondary N) is 1. The number of alkyl halides is 1. The van der Waals surface area contributed by atoms with E-state index in [1.165, 1.54) is 0 Å². The second kappa shape index (κ2) is 5.65. The Balaban J connectivity index is 2.77. The number of rotatable bonds is 5. The molecule has 0 aliphatic carbocycles. The van der Waals surface area contributed by atoms with Gasteiger partial charge in [-0.1, -0.05) is 28.1 Å². The minimum Gasteiger partial charge on any atom is -0.497 e. The summed E-state index contributed by atoms with van der Waals surface area (Å²) >= 11 is 2.92. The molecule has 0 spiro atoms. The van der Waals surface area contributed by atoms with Crippen molar-refractivity contribution in [2.24, 2.45) is 0 Å². The molecule has 0 amide bonds. The lowest BCUT2D eigenvalue weighted by molar-refractivity contribution is 0.414. The van der Waals surface area contributed by atoms with E-state index < -0.39 is 10.0 Å². The normalized spacial score (nSPS) is 13.4. The number of sulfonamides is 1. The van der Waals surface area contributed by atoms with E-state index in [1.807, 2.05) is 12.1 Å². The van der Waals surface area contributed by atoms with Crippen molar-refractivity contribution >= 4 is 26.0 Å². The SMILES string of the molecule is COc1ccc([C@@H](C)NS(=O)(=O)CBr)cc1. The van der Waals surface area contributed by atoms with Crippen LogP contribution in [0.15, 0.2) is 24.3 Å². The summed E-state index contributed by atoms with van der Waals surface area (Å²) in [5, 5.41) is 0. The summed E-state index contributed by atoms with van der Waals surface area (Å²) in [4.78, 5) is 0. The average Bonchev–Trinajstić information content (AvgIpc) is 2.28. The maximum absolute atomic E-state index is 11.3. The van der Waals surface area contributed by atoms with Crippen molar-refractivity contribution in [2.45, 2.75) is 13.0 Å². The number of hydrogen-bond donors (Lipinski definition) is 1. The van der Waals surface area contributed by atoms with E-state index >= 15 is 0 Å². The number of benzene rings is 1. The lowest BCUT2D eigenvalue weighted by Crippen LogP contribution is -2.27. The predicted octanol–water partition coefficient (Wildman–Crippen LogP) is 2.03. The Labute approximate surface area is 104 Å². The van der Waals surface area contributed by atoms with Crippen molar-refractivity contribution in [3.8, 4) is 5.75 Å². The van der Waals surface area contributed by atoms with E-state index in [-0.39, 0.29) is 10.7 Å². The van der Waals surface area contributed by atoms with Gasteiger partial charge >= 0.3 is 0 Å². The quantitative estimate of drug-likeness (QED) is 0.847. The van der Waals surface area contributed by atoms with Crippen molar-refractivity contribution in [3.05, 3.63) is 29.8 Å². The molecule has 0 heterocycles. The molecule has 0 fully saturated rings. The molecule has 0 saturated heterocycles. The van der Waals surface area contributed by atoms with E-state index in [4.69, 9.17) is 4.74 Å². The van der Waals surface area contributed by atoms with Crippen molar-refractivity contribution in [1.29, 1.82) is 0 Å². The van der Waals surface area contributed by atoms with E-state index in [9.17, 15) is 8.42 Å². The van der Waals surface area contributed by atoms with Gasteiger partial charge in [0.2, 0.25) is 10.0 Å². The molecule has 1 rings (SSSR count). The topological polar surface area (TPSA) is 55.4 Å². The van der Waals surface area contributed by atoms with E-state index in [1.54, 1.807) is 26.2 Å². The Bertz CT molecular complexity index is 430. The van der Waals surface area contributed by atoms with Gasteiger partial charge in [-0.2, -0.15) is 0 Å². The van der Waals surface area contributed by atoms with Gasteiger partial charge in [-0.05, 0) is 24.6 Å². The number of hydrogen-bond acceptors (Lipinski definition) is 3. The van der Waals surface area contributed by atoms with Crippen LogP contribution in [-0.4, -0.2) is 20.2 Å². The lowest BCUT2D eigenvalue weighted by Gasteiger charge is -2.13. The highest BCUT2D eigenvalue weighted by Crippen LogP contribution is 2.18. The molecular weight excluding hydrogens is 294 g/mol. The lowest BCUT2D eigenvalue weighted by atomic mass is 10.1. The zero-order valence-corrected chi connectivity index (χ0v) is 11.5. The number of halogens is 1. The van der Waals surface area contributed by atoms with E-state index in [0.717, 1.165) is 11.3 Å². The fourth-order valence-corrected chi connectivity index (χ4v) is 2.40. The van der Waals surface area contributed by atoms with Gasteiger partial charge < -0.3 is 4.74 Å². The van der Waals surface area contributed by atoms with Crippen LogP contribution in [-0.2, 0) is 10.0 Å². The van der Waals surface area contributed by atoms with Gasteiger partial charge in [0.15, 0.2) is 0 Å². The van der Waals surface area contributed by atoms with E-state index in [2.05, 4.69) is 20.7 Å². The van der Waals surface area contributed by atoms with Crippen LogP contribution >= 0.6 is 15.9 Å². The largest absolute Gasteiger partial charge is 0.497 e. The van der Waals surface area contributed by atoms with Gasteiger partial charge in [0, 0.05) is 6.04 Å². The molecule has 0 aromatic heterocycles. The van der Waals surface area contributed by atoms with E-state index in [0.29, 0.717) is 0 Å². The van der Waals surface area contributed by atoms with Gasteiger partial charge in [0.25, 0.3) is 0 Å². The molecule has 1 aromatic carbocycles. The molecule has 0 unspecified atom stereocenters. The second-order valence-corrected chi connectivity index (χ2v) is 6.39. The van der Waals surface area contributed by atoms with Crippen LogP contribution in [0.3, 0.4) is 0 Å². The summed E-state index contributed by atoms with van der Waals surface area (Å²) in [5.41, 5.74) is 0.894. The summed E-state index contributed by atoms with van der Waals surface area (Å²) in [6.07, 6.45) is 0. The Morgan fingerprint density at radius 3 is 2.38 bits per heavy atom. The molecule has 0 saturated carbocycles. The Morgan fingerprint density at radius 2 is 1.94 bits per heavy atom. The minimum atomic E-state index is -3.25. The molecule has 0 aliphatic heterocycles. The van der Waals surface area contributed by atoms with Gasteiger partial charge in [-0.3, -0.25) is 0 Å². The predicted molar refractivity (Wildman–Crippen MR) is 67.3 cm³/mol. The Hall–Kier alpha value is -0.590.